The number of fused-ring (bicyclic) bond motifs is 1. The molecule has 3 rings (SSSR count). The number of carbonyl (C=O) groups excluding carboxylic acids is 1. The highest BCUT2D eigenvalue weighted by atomic mass is 79.9. The summed E-state index contributed by atoms with van der Waals surface area (Å²) in [5.41, 5.74) is 4.72. The number of carbonyl (C=O) groups is 1. The van der Waals surface area contributed by atoms with Crippen LogP contribution < -0.4 is 0 Å². The number of benzene rings is 1. The second-order valence-electron chi connectivity index (χ2n) is 7.90. The van der Waals surface area contributed by atoms with Gasteiger partial charge in [0.2, 0.25) is 5.91 Å². The molecule has 1 amide bonds. The number of hydrogen-bond donors (Lipinski definition) is 0. The van der Waals surface area contributed by atoms with E-state index in [0.717, 1.165) is 22.6 Å². The molecule has 0 N–H and O–H groups in total. The third kappa shape index (κ3) is 4.12. The topological polar surface area (TPSA) is 50.5 Å². The number of halogens is 1. The SMILES string of the molecule is CCN(CC)C(=O)Cc1c(-c2ccc(C(C)(C)C)cc2)nc2ccc(Br)nn12. The zero-order chi connectivity index (χ0) is 20.5. The van der Waals surface area contributed by atoms with Gasteiger partial charge in [0, 0.05) is 18.7 Å². The normalized spacial score (nSPS) is 11.8. The lowest BCUT2D eigenvalue weighted by molar-refractivity contribution is -0.130. The van der Waals surface area contributed by atoms with Crippen molar-refractivity contribution in [1.29, 1.82) is 0 Å². The van der Waals surface area contributed by atoms with E-state index in [1.807, 2.05) is 30.9 Å². The fourth-order valence-electron chi connectivity index (χ4n) is 3.31. The van der Waals surface area contributed by atoms with Crippen molar-refractivity contribution in [2.75, 3.05) is 13.1 Å². The first-order valence-electron chi connectivity index (χ1n) is 9.67. The molecule has 0 bridgehead atoms. The molecule has 148 valence electrons. The molecule has 0 radical (unpaired) electrons. The Morgan fingerprint density at radius 2 is 1.71 bits per heavy atom. The van der Waals surface area contributed by atoms with E-state index >= 15 is 0 Å². The molecule has 6 heteroatoms. The third-order valence-corrected chi connectivity index (χ3v) is 5.42. The molecule has 0 unspecified atom stereocenters. The average Bonchev–Trinajstić information content (AvgIpc) is 3.00. The molecular formula is C22H27BrN4O. The zero-order valence-electron chi connectivity index (χ0n) is 17.2. The number of nitrogens with zero attached hydrogens (tertiary/aromatic N) is 4. The van der Waals surface area contributed by atoms with E-state index < -0.39 is 0 Å². The highest BCUT2D eigenvalue weighted by Crippen LogP contribution is 2.29. The average molecular weight is 443 g/mol. The maximum absolute atomic E-state index is 12.8. The Bertz CT molecular complexity index is 982. The summed E-state index contributed by atoms with van der Waals surface area (Å²) in [6.45, 7) is 12.0. The summed E-state index contributed by atoms with van der Waals surface area (Å²) >= 11 is 3.43. The molecule has 5 nitrogen and oxygen atoms in total. The minimum atomic E-state index is 0.0844. The van der Waals surface area contributed by atoms with E-state index in [2.05, 4.69) is 66.1 Å². The second-order valence-corrected chi connectivity index (χ2v) is 8.72. The first kappa shape index (κ1) is 20.5. The molecule has 0 aliphatic rings. The van der Waals surface area contributed by atoms with Crippen LogP contribution in [0.4, 0.5) is 0 Å². The molecule has 1 aromatic carbocycles. The first-order valence-corrected chi connectivity index (χ1v) is 10.5. The van der Waals surface area contributed by atoms with Crippen LogP contribution in [0.15, 0.2) is 41.0 Å². The highest BCUT2D eigenvalue weighted by molar-refractivity contribution is 9.10. The van der Waals surface area contributed by atoms with Crippen LogP contribution in [0.5, 0.6) is 0 Å². The van der Waals surface area contributed by atoms with Gasteiger partial charge < -0.3 is 4.90 Å². The zero-order valence-corrected chi connectivity index (χ0v) is 18.7. The van der Waals surface area contributed by atoms with Gasteiger partial charge in [0.05, 0.1) is 17.8 Å². The number of imidazole rings is 1. The van der Waals surface area contributed by atoms with Crippen LogP contribution in [0.1, 0.15) is 45.9 Å². The van der Waals surface area contributed by atoms with Gasteiger partial charge in [0.1, 0.15) is 4.60 Å². The van der Waals surface area contributed by atoms with Gasteiger partial charge in [-0.25, -0.2) is 9.50 Å². The van der Waals surface area contributed by atoms with Crippen LogP contribution in [-0.4, -0.2) is 38.5 Å². The lowest BCUT2D eigenvalue weighted by atomic mass is 9.86. The molecule has 2 aromatic heterocycles. The Balaban J connectivity index is 2.10. The summed E-state index contributed by atoms with van der Waals surface area (Å²) in [5.74, 6) is 0.0844. The maximum atomic E-state index is 12.8. The number of rotatable bonds is 5. The van der Waals surface area contributed by atoms with Crippen LogP contribution >= 0.6 is 15.9 Å². The summed E-state index contributed by atoms with van der Waals surface area (Å²) < 4.78 is 2.49. The Morgan fingerprint density at radius 3 is 2.29 bits per heavy atom. The van der Waals surface area contributed by atoms with Crippen LogP contribution in [0.2, 0.25) is 0 Å². The highest BCUT2D eigenvalue weighted by Gasteiger charge is 2.21. The van der Waals surface area contributed by atoms with E-state index in [0.29, 0.717) is 17.7 Å². The van der Waals surface area contributed by atoms with Gasteiger partial charge in [-0.15, -0.1) is 0 Å². The molecule has 0 atom stereocenters. The summed E-state index contributed by atoms with van der Waals surface area (Å²) in [6.07, 6.45) is 0.267. The van der Waals surface area contributed by atoms with E-state index in [4.69, 9.17) is 4.98 Å². The van der Waals surface area contributed by atoms with Crippen LogP contribution in [0, 0.1) is 0 Å². The maximum Gasteiger partial charge on any atom is 0.228 e. The summed E-state index contributed by atoms with van der Waals surface area (Å²) in [6, 6.07) is 12.2. The minimum absolute atomic E-state index is 0.0844. The number of amides is 1. The monoisotopic (exact) mass is 442 g/mol. The quantitative estimate of drug-likeness (QED) is 0.566. The largest absolute Gasteiger partial charge is 0.343 e. The molecule has 0 spiro atoms. The van der Waals surface area contributed by atoms with Crippen molar-refractivity contribution in [3.05, 3.63) is 52.3 Å². The Labute approximate surface area is 174 Å². The van der Waals surface area contributed by atoms with Gasteiger partial charge in [-0.05, 0) is 52.9 Å². The molecule has 0 aliphatic heterocycles. The number of aromatic nitrogens is 3. The summed E-state index contributed by atoms with van der Waals surface area (Å²) in [7, 11) is 0. The molecule has 0 saturated heterocycles. The molecule has 0 saturated carbocycles. The van der Waals surface area contributed by atoms with Crippen molar-refractivity contribution in [2.45, 2.75) is 46.5 Å². The van der Waals surface area contributed by atoms with E-state index in [1.165, 1.54) is 5.56 Å². The van der Waals surface area contributed by atoms with Crippen molar-refractivity contribution < 1.29 is 4.79 Å². The van der Waals surface area contributed by atoms with Gasteiger partial charge in [0.25, 0.3) is 0 Å². The van der Waals surface area contributed by atoms with Crippen molar-refractivity contribution in [3.8, 4) is 11.3 Å². The molecule has 0 fully saturated rings. The first-order chi connectivity index (χ1) is 13.2. The van der Waals surface area contributed by atoms with Gasteiger partial charge in [0.15, 0.2) is 5.65 Å². The van der Waals surface area contributed by atoms with Crippen molar-refractivity contribution >= 4 is 27.5 Å². The fourth-order valence-corrected chi connectivity index (χ4v) is 3.60. The Hall–Kier alpha value is -2.21. The van der Waals surface area contributed by atoms with Crippen LogP contribution in [0.25, 0.3) is 16.9 Å². The standard InChI is InChI=1S/C22H27BrN4O/c1-6-26(7-2)20(28)14-17-21(24-19-13-12-18(23)25-27(17)19)15-8-10-16(11-9-15)22(3,4)5/h8-13H,6-7,14H2,1-5H3. The van der Waals surface area contributed by atoms with Gasteiger partial charge in [-0.3, -0.25) is 4.79 Å². The third-order valence-electron chi connectivity index (χ3n) is 5.00. The summed E-state index contributed by atoms with van der Waals surface area (Å²) in [5, 5.41) is 4.54. The molecular weight excluding hydrogens is 416 g/mol. The fraction of sp³-hybridized carbons (Fsp3) is 0.409. The predicted octanol–water partition coefficient (Wildman–Crippen LogP) is 4.87. The molecule has 2 heterocycles. The van der Waals surface area contributed by atoms with Crippen molar-refractivity contribution in [1.82, 2.24) is 19.5 Å². The van der Waals surface area contributed by atoms with Crippen LogP contribution in [0.3, 0.4) is 0 Å². The molecule has 3 aromatic rings. The Morgan fingerprint density at radius 1 is 1.07 bits per heavy atom. The van der Waals surface area contributed by atoms with Gasteiger partial charge in [-0.2, -0.15) is 5.10 Å². The number of hydrogen-bond acceptors (Lipinski definition) is 3. The van der Waals surface area contributed by atoms with Crippen LogP contribution in [-0.2, 0) is 16.6 Å². The predicted molar refractivity (Wildman–Crippen MR) is 116 cm³/mol. The molecule has 28 heavy (non-hydrogen) atoms. The lowest BCUT2D eigenvalue weighted by Gasteiger charge is -2.19. The van der Waals surface area contributed by atoms with Crippen molar-refractivity contribution in [3.63, 3.8) is 0 Å². The minimum Gasteiger partial charge on any atom is -0.343 e. The van der Waals surface area contributed by atoms with E-state index in [-0.39, 0.29) is 17.7 Å². The molecule has 0 aliphatic carbocycles. The summed E-state index contributed by atoms with van der Waals surface area (Å²) in [4.78, 5) is 19.4. The number of likely N-dealkylation sites (N-methyl/N-ethyl adjacent to an activating group) is 1. The van der Waals surface area contributed by atoms with Gasteiger partial charge in [-0.1, -0.05) is 45.0 Å². The smallest absolute Gasteiger partial charge is 0.228 e. The lowest BCUT2D eigenvalue weighted by Crippen LogP contribution is -2.32. The van der Waals surface area contributed by atoms with Crippen molar-refractivity contribution in [2.24, 2.45) is 0 Å². The van der Waals surface area contributed by atoms with E-state index in [9.17, 15) is 4.79 Å². The van der Waals surface area contributed by atoms with Gasteiger partial charge >= 0.3 is 0 Å². The van der Waals surface area contributed by atoms with E-state index in [1.54, 1.807) is 4.52 Å². The Kier molecular flexibility index (Phi) is 5.89. The second kappa shape index (κ2) is 8.03.